The quantitative estimate of drug-likeness (QED) is 0.132. The number of unbranched alkanes of at least 4 members (excludes halogenated alkanes) is 1. The Hall–Kier alpha value is -3.01. The summed E-state index contributed by atoms with van der Waals surface area (Å²) in [6.07, 6.45) is 6.84. The van der Waals surface area contributed by atoms with Crippen molar-refractivity contribution in [1.29, 1.82) is 0 Å². The van der Waals surface area contributed by atoms with Gasteiger partial charge in [-0.3, -0.25) is 0 Å². The summed E-state index contributed by atoms with van der Waals surface area (Å²) >= 11 is 7.91. The normalized spacial score (nSPS) is 12.3. The SMILES string of the molecule is CCCCC(CC)CCc1ccc(N=Nc2ccc(-c3ccc(-c4ccc(N)s4)c(N=S)c3N)s2)c(F)c1. The zero-order chi connectivity index (χ0) is 27.1. The van der Waals surface area contributed by atoms with Crippen molar-refractivity contribution in [3.8, 4) is 20.9 Å². The number of nitrogens with zero attached hydrogens (tertiary/aromatic N) is 3. The highest BCUT2D eigenvalue weighted by Gasteiger charge is 2.16. The molecule has 5 nitrogen and oxygen atoms in total. The lowest BCUT2D eigenvalue weighted by atomic mass is 9.92. The summed E-state index contributed by atoms with van der Waals surface area (Å²) in [5.74, 6) is 0.344. The van der Waals surface area contributed by atoms with Crippen molar-refractivity contribution in [2.75, 3.05) is 11.5 Å². The van der Waals surface area contributed by atoms with E-state index in [1.54, 1.807) is 12.1 Å². The first-order chi connectivity index (χ1) is 18.4. The topological polar surface area (TPSA) is 89.1 Å². The van der Waals surface area contributed by atoms with E-state index in [4.69, 9.17) is 23.9 Å². The lowest BCUT2D eigenvalue weighted by molar-refractivity contribution is 0.421. The predicted octanol–water partition coefficient (Wildman–Crippen LogP) is 10.4. The summed E-state index contributed by atoms with van der Waals surface area (Å²) in [6.45, 7) is 4.45. The fraction of sp³-hybridized carbons (Fsp3) is 0.310. The van der Waals surface area contributed by atoms with E-state index in [1.165, 1.54) is 48.4 Å². The van der Waals surface area contributed by atoms with Crippen LogP contribution in [-0.4, -0.2) is 0 Å². The summed E-state index contributed by atoms with van der Waals surface area (Å²) in [5.41, 5.74) is 16.3. The Balaban J connectivity index is 1.47. The molecule has 0 fully saturated rings. The van der Waals surface area contributed by atoms with Gasteiger partial charge in [-0.2, -0.15) is 4.36 Å². The number of thiophene rings is 2. The third-order valence-electron chi connectivity index (χ3n) is 6.71. The maximum absolute atomic E-state index is 14.8. The molecule has 0 radical (unpaired) electrons. The number of anilines is 2. The van der Waals surface area contributed by atoms with Crippen molar-refractivity contribution in [3.05, 3.63) is 66.0 Å². The Morgan fingerprint density at radius 1 is 0.895 bits per heavy atom. The second-order valence-corrected chi connectivity index (χ2v) is 11.7. The molecule has 0 aliphatic heterocycles. The van der Waals surface area contributed by atoms with Crippen LogP contribution in [-0.2, 0) is 18.8 Å². The van der Waals surface area contributed by atoms with Crippen molar-refractivity contribution in [1.82, 2.24) is 0 Å². The Bertz CT molecular complexity index is 1430. The molecule has 9 heteroatoms. The predicted molar refractivity (Wildman–Crippen MR) is 164 cm³/mol. The van der Waals surface area contributed by atoms with Crippen LogP contribution < -0.4 is 11.5 Å². The Morgan fingerprint density at radius 3 is 2.34 bits per heavy atom. The number of rotatable bonds is 12. The molecule has 4 N–H and O–H groups in total. The molecule has 38 heavy (non-hydrogen) atoms. The van der Waals surface area contributed by atoms with E-state index < -0.39 is 0 Å². The minimum atomic E-state index is -0.351. The van der Waals surface area contributed by atoms with Crippen molar-refractivity contribution >= 4 is 62.2 Å². The van der Waals surface area contributed by atoms with Crippen LogP contribution >= 0.6 is 22.7 Å². The summed E-state index contributed by atoms with van der Waals surface area (Å²) in [7, 11) is 0. The first-order valence-electron chi connectivity index (χ1n) is 12.8. The molecule has 0 saturated heterocycles. The van der Waals surface area contributed by atoms with E-state index in [0.717, 1.165) is 39.3 Å². The highest BCUT2D eigenvalue weighted by atomic mass is 32.1. The van der Waals surface area contributed by atoms with E-state index >= 15 is 0 Å². The molecular formula is C29H32FN5S3. The zero-order valence-corrected chi connectivity index (χ0v) is 24.1. The van der Waals surface area contributed by atoms with Gasteiger partial charge >= 0.3 is 0 Å². The molecule has 0 spiro atoms. The largest absolute Gasteiger partial charge is 0.396 e. The molecule has 0 aliphatic carbocycles. The smallest absolute Gasteiger partial charge is 0.150 e. The number of aryl methyl sites for hydroxylation is 1. The van der Waals surface area contributed by atoms with Gasteiger partial charge in [0, 0.05) is 33.3 Å². The van der Waals surface area contributed by atoms with Crippen molar-refractivity contribution in [3.63, 3.8) is 0 Å². The molecule has 4 aromatic rings. The van der Waals surface area contributed by atoms with Gasteiger partial charge in [-0.15, -0.1) is 32.9 Å². The first kappa shape index (κ1) is 28.0. The van der Waals surface area contributed by atoms with Gasteiger partial charge in [-0.25, -0.2) is 4.39 Å². The molecule has 1 unspecified atom stereocenters. The van der Waals surface area contributed by atoms with Crippen LogP contribution in [0.25, 0.3) is 20.9 Å². The molecule has 4 rings (SSSR count). The highest BCUT2D eigenvalue weighted by molar-refractivity contribution is 7.47. The van der Waals surface area contributed by atoms with E-state index in [0.29, 0.717) is 27.3 Å². The fourth-order valence-corrected chi connectivity index (χ4v) is 6.31. The number of azo groups is 1. The molecule has 198 valence electrons. The fourth-order valence-electron chi connectivity index (χ4n) is 4.45. The molecule has 0 amide bonds. The van der Waals surface area contributed by atoms with E-state index in [1.807, 2.05) is 42.5 Å². The van der Waals surface area contributed by atoms with Crippen LogP contribution in [0.2, 0.25) is 0 Å². The van der Waals surface area contributed by atoms with Crippen LogP contribution in [0.3, 0.4) is 0 Å². The Labute approximate surface area is 237 Å². The van der Waals surface area contributed by atoms with Gasteiger partial charge in [0.2, 0.25) is 0 Å². The zero-order valence-electron chi connectivity index (χ0n) is 21.6. The molecule has 1 atom stereocenters. The number of halogens is 1. The third kappa shape index (κ3) is 6.70. The Kier molecular flexibility index (Phi) is 9.71. The van der Waals surface area contributed by atoms with Crippen molar-refractivity contribution in [2.45, 2.75) is 52.4 Å². The standard InChI is InChI=1S/C29H32FN5S3/c1-3-5-6-18(4-2)7-8-19-9-12-23(22(30)17-19)33-34-27-16-14-24(38-27)20-10-11-21(29(35-36)28(20)32)25-13-15-26(31)37-25/h9-18H,3-8,31-32H2,1-2H3. The minimum absolute atomic E-state index is 0.230. The van der Waals surface area contributed by atoms with Crippen molar-refractivity contribution in [2.24, 2.45) is 20.5 Å². The lowest BCUT2D eigenvalue weighted by Gasteiger charge is -2.14. The van der Waals surface area contributed by atoms with Gasteiger partial charge in [0.05, 0.1) is 10.7 Å². The van der Waals surface area contributed by atoms with Gasteiger partial charge < -0.3 is 11.5 Å². The summed E-state index contributed by atoms with van der Waals surface area (Å²) < 4.78 is 18.8. The second kappa shape index (κ2) is 13.2. The van der Waals surface area contributed by atoms with Crippen LogP contribution in [0.1, 0.15) is 51.5 Å². The number of benzene rings is 2. The lowest BCUT2D eigenvalue weighted by Crippen LogP contribution is -2.01. The average molecular weight is 566 g/mol. The summed E-state index contributed by atoms with van der Waals surface area (Å²) in [5, 5.41) is 9.82. The van der Waals surface area contributed by atoms with Gasteiger partial charge in [0.25, 0.3) is 0 Å². The number of nitrogens with two attached hydrogens (primary N) is 2. The first-order valence-corrected chi connectivity index (χ1v) is 14.8. The van der Waals surface area contributed by atoms with Gasteiger partial charge in [0.1, 0.15) is 16.4 Å². The number of hydrogen-bond donors (Lipinski definition) is 2. The van der Waals surface area contributed by atoms with Crippen LogP contribution in [0.4, 0.5) is 31.5 Å². The average Bonchev–Trinajstić information content (AvgIpc) is 3.57. The molecule has 2 heterocycles. The molecule has 0 bridgehead atoms. The van der Waals surface area contributed by atoms with E-state index in [-0.39, 0.29) is 11.5 Å². The van der Waals surface area contributed by atoms with Crippen molar-refractivity contribution < 1.29 is 4.39 Å². The molecule has 2 aromatic heterocycles. The maximum Gasteiger partial charge on any atom is 0.150 e. The van der Waals surface area contributed by atoms with Gasteiger partial charge in [-0.1, -0.05) is 57.7 Å². The Morgan fingerprint density at radius 2 is 1.66 bits per heavy atom. The van der Waals surface area contributed by atoms with Crippen LogP contribution in [0.5, 0.6) is 0 Å². The molecular weight excluding hydrogens is 534 g/mol. The number of hydrogen-bond acceptors (Lipinski definition) is 8. The third-order valence-corrected chi connectivity index (χ3v) is 8.84. The highest BCUT2D eigenvalue weighted by Crippen LogP contribution is 2.45. The summed E-state index contributed by atoms with van der Waals surface area (Å²) in [4.78, 5) is 1.86. The molecule has 2 aromatic carbocycles. The van der Waals surface area contributed by atoms with Gasteiger partial charge in [-0.05, 0) is 60.7 Å². The monoisotopic (exact) mass is 565 g/mol. The van der Waals surface area contributed by atoms with Gasteiger partial charge in [0.15, 0.2) is 5.82 Å². The minimum Gasteiger partial charge on any atom is -0.396 e. The molecule has 0 aliphatic rings. The maximum atomic E-state index is 14.8. The molecule has 0 saturated carbocycles. The second-order valence-electron chi connectivity index (χ2n) is 9.30. The van der Waals surface area contributed by atoms with E-state index in [2.05, 4.69) is 28.4 Å². The number of nitrogen functional groups attached to an aromatic ring is 2. The van der Waals surface area contributed by atoms with E-state index in [9.17, 15) is 4.39 Å². The van der Waals surface area contributed by atoms with Crippen LogP contribution in [0.15, 0.2) is 69.2 Å². The van der Waals surface area contributed by atoms with Crippen LogP contribution in [0, 0.1) is 11.7 Å². The summed E-state index contributed by atoms with van der Waals surface area (Å²) in [6, 6.07) is 16.7.